The predicted molar refractivity (Wildman–Crippen MR) is 133 cm³/mol. The van der Waals surface area contributed by atoms with Gasteiger partial charge in [0.05, 0.1) is 18.1 Å². The van der Waals surface area contributed by atoms with E-state index in [-0.39, 0.29) is 30.9 Å². The van der Waals surface area contributed by atoms with Crippen LogP contribution >= 0.6 is 22.9 Å². The molecular formula is C25H24ClN3O4S. The number of ketones is 1. The summed E-state index contributed by atoms with van der Waals surface area (Å²) in [6.45, 7) is 4.38. The number of aromatic nitrogens is 3. The van der Waals surface area contributed by atoms with Crippen molar-refractivity contribution in [3.8, 4) is 0 Å². The molecular weight excluding hydrogens is 474 g/mol. The molecule has 3 aromatic heterocycles. The van der Waals surface area contributed by atoms with E-state index >= 15 is 0 Å². The van der Waals surface area contributed by atoms with E-state index in [0.717, 1.165) is 29.9 Å². The molecule has 9 heteroatoms. The van der Waals surface area contributed by atoms with E-state index in [1.165, 1.54) is 22.2 Å². The van der Waals surface area contributed by atoms with Crippen LogP contribution in [0.4, 0.5) is 0 Å². The molecule has 0 N–H and O–H groups in total. The summed E-state index contributed by atoms with van der Waals surface area (Å²) < 4.78 is 8.66. The van der Waals surface area contributed by atoms with Gasteiger partial charge in [-0.3, -0.25) is 19.0 Å². The minimum absolute atomic E-state index is 0.0232. The van der Waals surface area contributed by atoms with Gasteiger partial charge in [-0.05, 0) is 55.5 Å². The first-order valence-electron chi connectivity index (χ1n) is 10.9. The fourth-order valence-corrected chi connectivity index (χ4v) is 4.73. The van der Waals surface area contributed by atoms with E-state index in [4.69, 9.17) is 16.3 Å². The second-order valence-corrected chi connectivity index (χ2v) is 9.36. The van der Waals surface area contributed by atoms with Gasteiger partial charge in [-0.25, -0.2) is 4.98 Å². The number of ether oxygens (including phenoxy) is 1. The topological polar surface area (TPSA) is 83.2 Å². The maximum atomic E-state index is 12.7. The Morgan fingerprint density at radius 3 is 2.65 bits per heavy atom. The Bertz CT molecular complexity index is 1400. The van der Waals surface area contributed by atoms with Gasteiger partial charge in [0.25, 0.3) is 5.56 Å². The summed E-state index contributed by atoms with van der Waals surface area (Å²) in [5.74, 6) is -0.792. The van der Waals surface area contributed by atoms with Gasteiger partial charge in [0.15, 0.2) is 6.61 Å². The van der Waals surface area contributed by atoms with Crippen LogP contribution in [0.2, 0.25) is 5.02 Å². The molecule has 0 saturated heterocycles. The summed E-state index contributed by atoms with van der Waals surface area (Å²) >= 11 is 7.34. The zero-order chi connectivity index (χ0) is 24.2. The second kappa shape index (κ2) is 10.4. The first kappa shape index (κ1) is 23.9. The quantitative estimate of drug-likeness (QED) is 0.249. The van der Waals surface area contributed by atoms with Crippen molar-refractivity contribution in [2.24, 2.45) is 0 Å². The lowest BCUT2D eigenvalue weighted by Gasteiger charge is -2.10. The van der Waals surface area contributed by atoms with Gasteiger partial charge < -0.3 is 9.30 Å². The molecule has 34 heavy (non-hydrogen) atoms. The standard InChI is InChI=1S/C25H24ClN3O4S/c1-16-13-21(17(2)29(16)11-7-18-3-5-19(26)6-4-18)22(30)14-33-23(31)8-10-28-15-27-24-20(25(28)32)9-12-34-24/h3-6,9,12-13,15H,7-8,10-11,14H2,1-2H3. The zero-order valence-corrected chi connectivity index (χ0v) is 20.5. The van der Waals surface area contributed by atoms with Crippen molar-refractivity contribution in [1.29, 1.82) is 0 Å². The van der Waals surface area contributed by atoms with Crippen LogP contribution < -0.4 is 5.56 Å². The highest BCUT2D eigenvalue weighted by molar-refractivity contribution is 7.16. The average Bonchev–Trinajstić information content (AvgIpc) is 3.41. The number of Topliss-reactive ketones (excluding diaryl/α,β-unsaturated/α-hetero) is 1. The van der Waals surface area contributed by atoms with E-state index in [2.05, 4.69) is 9.55 Å². The van der Waals surface area contributed by atoms with Crippen LogP contribution in [0.25, 0.3) is 10.2 Å². The van der Waals surface area contributed by atoms with Crippen molar-refractivity contribution in [1.82, 2.24) is 14.1 Å². The molecule has 0 bridgehead atoms. The molecule has 176 valence electrons. The molecule has 0 radical (unpaired) electrons. The van der Waals surface area contributed by atoms with Crippen LogP contribution in [-0.4, -0.2) is 32.5 Å². The number of carbonyl (C=O) groups is 2. The second-order valence-electron chi connectivity index (χ2n) is 8.03. The number of carbonyl (C=O) groups excluding carboxylic acids is 2. The zero-order valence-electron chi connectivity index (χ0n) is 18.9. The van der Waals surface area contributed by atoms with Gasteiger partial charge in [-0.2, -0.15) is 0 Å². The van der Waals surface area contributed by atoms with Crippen molar-refractivity contribution in [3.63, 3.8) is 0 Å². The van der Waals surface area contributed by atoms with Gasteiger partial charge in [0.2, 0.25) is 5.78 Å². The van der Waals surface area contributed by atoms with Crippen molar-refractivity contribution in [3.05, 3.63) is 86.0 Å². The number of fused-ring (bicyclic) bond motifs is 1. The summed E-state index contributed by atoms with van der Waals surface area (Å²) in [5, 5.41) is 3.03. The Morgan fingerprint density at radius 1 is 1.12 bits per heavy atom. The number of rotatable bonds is 9. The highest BCUT2D eigenvalue weighted by Crippen LogP contribution is 2.18. The molecule has 0 unspecified atom stereocenters. The van der Waals surface area contributed by atoms with Crippen molar-refractivity contribution in [2.75, 3.05) is 6.61 Å². The molecule has 0 aliphatic rings. The van der Waals surface area contributed by atoms with E-state index in [9.17, 15) is 14.4 Å². The first-order valence-corrected chi connectivity index (χ1v) is 12.1. The number of hydrogen-bond acceptors (Lipinski definition) is 6. The number of thiophene rings is 1. The third-order valence-electron chi connectivity index (χ3n) is 5.78. The first-order chi connectivity index (χ1) is 16.3. The van der Waals surface area contributed by atoms with Gasteiger partial charge in [-0.15, -0.1) is 11.3 Å². The van der Waals surface area contributed by atoms with Crippen molar-refractivity contribution >= 4 is 44.9 Å². The molecule has 0 amide bonds. The lowest BCUT2D eigenvalue weighted by atomic mass is 10.1. The van der Waals surface area contributed by atoms with Crippen LogP contribution in [0, 0.1) is 13.8 Å². The van der Waals surface area contributed by atoms with Gasteiger partial charge in [0, 0.05) is 35.1 Å². The van der Waals surface area contributed by atoms with Gasteiger partial charge in [-0.1, -0.05) is 23.7 Å². The highest BCUT2D eigenvalue weighted by Gasteiger charge is 2.17. The summed E-state index contributed by atoms with van der Waals surface area (Å²) in [4.78, 5) is 42.2. The lowest BCUT2D eigenvalue weighted by Crippen LogP contribution is -2.22. The van der Waals surface area contributed by atoms with Crippen molar-refractivity contribution in [2.45, 2.75) is 39.8 Å². The van der Waals surface area contributed by atoms with Gasteiger partial charge in [0.1, 0.15) is 4.83 Å². The molecule has 1 aromatic carbocycles. The van der Waals surface area contributed by atoms with Crippen molar-refractivity contribution < 1.29 is 14.3 Å². The highest BCUT2D eigenvalue weighted by atomic mass is 35.5. The predicted octanol–water partition coefficient (Wildman–Crippen LogP) is 4.59. The number of aryl methyl sites for hydroxylation is 3. The van der Waals surface area contributed by atoms with Crippen LogP contribution in [-0.2, 0) is 29.0 Å². The molecule has 0 spiro atoms. The fourth-order valence-electron chi connectivity index (χ4n) is 3.88. The molecule has 0 atom stereocenters. The lowest BCUT2D eigenvalue weighted by molar-refractivity contribution is -0.142. The molecule has 0 aliphatic carbocycles. The summed E-state index contributed by atoms with van der Waals surface area (Å²) in [6.07, 6.45) is 2.21. The van der Waals surface area contributed by atoms with Crippen LogP contribution in [0.1, 0.15) is 33.7 Å². The number of hydrogen-bond donors (Lipinski definition) is 0. The maximum Gasteiger partial charge on any atom is 0.308 e. The van der Waals surface area contributed by atoms with Gasteiger partial charge >= 0.3 is 5.97 Å². The number of nitrogens with zero attached hydrogens (tertiary/aromatic N) is 3. The SMILES string of the molecule is Cc1cc(C(=O)COC(=O)CCn2cnc3sccc3c2=O)c(C)n1CCc1ccc(Cl)cc1. The molecule has 4 aromatic rings. The smallest absolute Gasteiger partial charge is 0.308 e. The Hall–Kier alpha value is -3.23. The Kier molecular flexibility index (Phi) is 7.29. The molecule has 0 saturated carbocycles. The molecule has 0 aliphatic heterocycles. The number of benzene rings is 1. The van der Waals surface area contributed by atoms with Crippen LogP contribution in [0.3, 0.4) is 0 Å². The monoisotopic (exact) mass is 497 g/mol. The maximum absolute atomic E-state index is 12.7. The summed E-state index contributed by atoms with van der Waals surface area (Å²) in [7, 11) is 0. The van der Waals surface area contributed by atoms with E-state index in [1.807, 2.05) is 44.2 Å². The Morgan fingerprint density at radius 2 is 1.88 bits per heavy atom. The van der Waals surface area contributed by atoms with E-state index in [0.29, 0.717) is 20.8 Å². The summed E-state index contributed by atoms with van der Waals surface area (Å²) in [5.41, 5.74) is 3.32. The Balaban J connectivity index is 1.32. The third kappa shape index (κ3) is 5.29. The molecule has 3 heterocycles. The normalized spacial score (nSPS) is 11.1. The van der Waals surface area contributed by atoms with Crippen LogP contribution in [0.5, 0.6) is 0 Å². The fraction of sp³-hybridized carbons (Fsp3) is 0.280. The number of halogens is 1. The molecule has 7 nitrogen and oxygen atoms in total. The minimum Gasteiger partial charge on any atom is -0.457 e. The molecule has 0 fully saturated rings. The average molecular weight is 498 g/mol. The number of esters is 1. The van der Waals surface area contributed by atoms with E-state index < -0.39 is 5.97 Å². The minimum atomic E-state index is -0.540. The third-order valence-corrected chi connectivity index (χ3v) is 6.86. The van der Waals surface area contributed by atoms with E-state index in [1.54, 1.807) is 11.4 Å². The Labute approximate surface area is 205 Å². The largest absolute Gasteiger partial charge is 0.457 e. The van der Waals surface area contributed by atoms with Crippen LogP contribution in [0.15, 0.2) is 52.9 Å². The summed E-state index contributed by atoms with van der Waals surface area (Å²) in [6, 6.07) is 11.3. The molecule has 4 rings (SSSR count).